The summed E-state index contributed by atoms with van der Waals surface area (Å²) in [4.78, 5) is 21.3. The third-order valence-corrected chi connectivity index (χ3v) is 4.50. The first-order valence-corrected chi connectivity index (χ1v) is 8.35. The SMILES string of the molecule is CN1CCN(c2ccc(NC(=O)c3cc(C#N)ccc3Cl)cn2)CC1. The standard InChI is InChI=1S/C18H18ClN5O/c1-23-6-8-24(9-7-23)17-5-3-14(12-21-17)22-18(25)15-10-13(11-20)2-4-16(15)19/h2-5,10,12H,6-9H2,1H3,(H,22,25). The molecule has 2 heterocycles. The van der Waals surface area contributed by atoms with Crippen molar-refractivity contribution in [3.63, 3.8) is 0 Å². The van der Waals surface area contributed by atoms with Gasteiger partial charge in [0.15, 0.2) is 0 Å². The lowest BCUT2D eigenvalue weighted by molar-refractivity contribution is 0.102. The lowest BCUT2D eigenvalue weighted by Crippen LogP contribution is -2.44. The Hall–Kier alpha value is -2.62. The normalized spacial score (nSPS) is 14.8. The number of hydrogen-bond acceptors (Lipinski definition) is 5. The molecule has 0 aliphatic carbocycles. The second kappa shape index (κ2) is 7.51. The predicted octanol–water partition coefficient (Wildman–Crippen LogP) is 2.61. The molecule has 1 aliphatic heterocycles. The number of rotatable bonds is 3. The molecule has 25 heavy (non-hydrogen) atoms. The Bertz CT molecular complexity index is 807. The van der Waals surface area contributed by atoms with E-state index >= 15 is 0 Å². The number of piperazine rings is 1. The molecule has 0 unspecified atom stereocenters. The number of nitrogens with one attached hydrogen (secondary N) is 1. The largest absolute Gasteiger partial charge is 0.354 e. The highest BCUT2D eigenvalue weighted by molar-refractivity contribution is 6.34. The first-order chi connectivity index (χ1) is 12.1. The number of likely N-dealkylation sites (N-methyl/N-ethyl adjacent to an activating group) is 1. The molecule has 1 aromatic heterocycles. The summed E-state index contributed by atoms with van der Waals surface area (Å²) in [6.07, 6.45) is 1.63. The summed E-state index contributed by atoms with van der Waals surface area (Å²) in [6.45, 7) is 3.89. The second-order valence-corrected chi connectivity index (χ2v) is 6.36. The number of halogens is 1. The summed E-state index contributed by atoms with van der Waals surface area (Å²) in [7, 11) is 2.11. The first-order valence-electron chi connectivity index (χ1n) is 7.97. The van der Waals surface area contributed by atoms with Crippen LogP contribution in [-0.4, -0.2) is 49.0 Å². The van der Waals surface area contributed by atoms with E-state index in [1.165, 1.54) is 6.07 Å². The monoisotopic (exact) mass is 355 g/mol. The van der Waals surface area contributed by atoms with Gasteiger partial charge < -0.3 is 15.1 Å². The van der Waals surface area contributed by atoms with Gasteiger partial charge in [-0.1, -0.05) is 11.6 Å². The van der Waals surface area contributed by atoms with Crippen LogP contribution in [0.4, 0.5) is 11.5 Å². The number of benzene rings is 1. The van der Waals surface area contributed by atoms with Gasteiger partial charge in [-0.05, 0) is 37.4 Å². The molecule has 1 aliphatic rings. The number of carbonyl (C=O) groups is 1. The van der Waals surface area contributed by atoms with Crippen LogP contribution in [0.3, 0.4) is 0 Å². The Morgan fingerprint density at radius 3 is 2.64 bits per heavy atom. The minimum absolute atomic E-state index is 0.267. The molecule has 1 fully saturated rings. The van der Waals surface area contributed by atoms with Crippen LogP contribution in [0.1, 0.15) is 15.9 Å². The highest BCUT2D eigenvalue weighted by atomic mass is 35.5. The molecule has 0 spiro atoms. The van der Waals surface area contributed by atoms with Gasteiger partial charge in [-0.25, -0.2) is 4.98 Å². The predicted molar refractivity (Wildman–Crippen MR) is 98.1 cm³/mol. The molecule has 1 amide bonds. The average Bonchev–Trinajstić information content (AvgIpc) is 2.63. The number of aromatic nitrogens is 1. The summed E-state index contributed by atoms with van der Waals surface area (Å²) >= 11 is 6.06. The van der Waals surface area contributed by atoms with E-state index in [1.54, 1.807) is 18.3 Å². The molecule has 0 atom stereocenters. The summed E-state index contributed by atoms with van der Waals surface area (Å²) < 4.78 is 0. The van der Waals surface area contributed by atoms with Crippen LogP contribution in [0, 0.1) is 11.3 Å². The minimum atomic E-state index is -0.365. The molecule has 1 aromatic carbocycles. The highest BCUT2D eigenvalue weighted by Gasteiger charge is 2.16. The van der Waals surface area contributed by atoms with Crippen molar-refractivity contribution in [1.29, 1.82) is 5.26 Å². The third kappa shape index (κ3) is 4.08. The average molecular weight is 356 g/mol. The molecule has 2 aromatic rings. The lowest BCUT2D eigenvalue weighted by atomic mass is 10.1. The maximum Gasteiger partial charge on any atom is 0.257 e. The van der Waals surface area contributed by atoms with Crippen LogP contribution in [0.5, 0.6) is 0 Å². The van der Waals surface area contributed by atoms with E-state index in [9.17, 15) is 4.79 Å². The number of nitrogens with zero attached hydrogens (tertiary/aromatic N) is 4. The van der Waals surface area contributed by atoms with Crippen LogP contribution in [-0.2, 0) is 0 Å². The van der Waals surface area contributed by atoms with Crippen LogP contribution in [0.2, 0.25) is 5.02 Å². The zero-order valence-electron chi connectivity index (χ0n) is 13.9. The molecule has 3 rings (SSSR count). The van der Waals surface area contributed by atoms with Gasteiger partial charge in [0, 0.05) is 26.2 Å². The fraction of sp³-hybridized carbons (Fsp3) is 0.278. The zero-order valence-corrected chi connectivity index (χ0v) is 14.6. The first kappa shape index (κ1) is 17.2. The van der Waals surface area contributed by atoms with E-state index in [4.69, 9.17) is 16.9 Å². The van der Waals surface area contributed by atoms with Crippen molar-refractivity contribution in [2.24, 2.45) is 0 Å². The number of anilines is 2. The number of nitriles is 1. The number of amides is 1. The quantitative estimate of drug-likeness (QED) is 0.916. The smallest absolute Gasteiger partial charge is 0.257 e. The van der Waals surface area contributed by atoms with Gasteiger partial charge in [0.1, 0.15) is 5.82 Å². The molecule has 0 radical (unpaired) electrons. The maximum absolute atomic E-state index is 12.4. The molecule has 6 nitrogen and oxygen atoms in total. The third-order valence-electron chi connectivity index (χ3n) is 4.17. The fourth-order valence-electron chi connectivity index (χ4n) is 2.65. The fourth-order valence-corrected chi connectivity index (χ4v) is 2.85. The van der Waals surface area contributed by atoms with E-state index in [2.05, 4.69) is 27.1 Å². The van der Waals surface area contributed by atoms with Gasteiger partial charge in [-0.15, -0.1) is 0 Å². The Labute approximate surface area is 151 Å². The minimum Gasteiger partial charge on any atom is -0.354 e. The lowest BCUT2D eigenvalue weighted by Gasteiger charge is -2.33. The Kier molecular flexibility index (Phi) is 5.17. The van der Waals surface area contributed by atoms with Gasteiger partial charge in [0.2, 0.25) is 0 Å². The molecular weight excluding hydrogens is 338 g/mol. The van der Waals surface area contributed by atoms with Gasteiger partial charge in [0.05, 0.1) is 34.1 Å². The molecular formula is C18H18ClN5O. The van der Waals surface area contributed by atoms with Gasteiger partial charge >= 0.3 is 0 Å². The second-order valence-electron chi connectivity index (χ2n) is 5.96. The van der Waals surface area contributed by atoms with E-state index < -0.39 is 0 Å². The number of hydrogen-bond donors (Lipinski definition) is 1. The zero-order chi connectivity index (χ0) is 17.8. The van der Waals surface area contributed by atoms with Gasteiger partial charge in [-0.2, -0.15) is 5.26 Å². The Morgan fingerprint density at radius 1 is 1.24 bits per heavy atom. The van der Waals surface area contributed by atoms with Crippen molar-refractivity contribution in [1.82, 2.24) is 9.88 Å². The molecule has 1 N–H and O–H groups in total. The van der Waals surface area contributed by atoms with E-state index in [-0.39, 0.29) is 11.5 Å². The van der Waals surface area contributed by atoms with E-state index in [1.807, 2.05) is 18.2 Å². The van der Waals surface area contributed by atoms with Crippen molar-refractivity contribution < 1.29 is 4.79 Å². The van der Waals surface area contributed by atoms with Crippen molar-refractivity contribution >= 4 is 29.0 Å². The van der Waals surface area contributed by atoms with E-state index in [0.29, 0.717) is 16.3 Å². The molecule has 1 saturated heterocycles. The summed E-state index contributed by atoms with van der Waals surface area (Å²) in [5, 5.41) is 12.0. The van der Waals surface area contributed by atoms with E-state index in [0.717, 1.165) is 32.0 Å². The summed E-state index contributed by atoms with van der Waals surface area (Å²) in [6, 6.07) is 10.3. The molecule has 0 saturated carbocycles. The van der Waals surface area contributed by atoms with Crippen LogP contribution in [0.15, 0.2) is 36.5 Å². The van der Waals surface area contributed by atoms with Crippen molar-refractivity contribution in [2.45, 2.75) is 0 Å². The Morgan fingerprint density at radius 2 is 2.00 bits per heavy atom. The van der Waals surface area contributed by atoms with Gasteiger partial charge in [-0.3, -0.25) is 4.79 Å². The summed E-state index contributed by atoms with van der Waals surface area (Å²) in [5.74, 6) is 0.534. The van der Waals surface area contributed by atoms with Crippen LogP contribution >= 0.6 is 11.6 Å². The van der Waals surface area contributed by atoms with Crippen molar-refractivity contribution in [3.05, 3.63) is 52.7 Å². The van der Waals surface area contributed by atoms with Crippen LogP contribution in [0.25, 0.3) is 0 Å². The van der Waals surface area contributed by atoms with Gasteiger partial charge in [0.25, 0.3) is 5.91 Å². The highest BCUT2D eigenvalue weighted by Crippen LogP contribution is 2.20. The number of carbonyl (C=O) groups excluding carboxylic acids is 1. The Balaban J connectivity index is 1.69. The maximum atomic E-state index is 12.4. The molecule has 7 heteroatoms. The van der Waals surface area contributed by atoms with Crippen molar-refractivity contribution in [3.8, 4) is 6.07 Å². The summed E-state index contributed by atoms with van der Waals surface area (Å²) in [5.41, 5.74) is 1.24. The number of pyridine rings is 1. The molecule has 128 valence electrons. The topological polar surface area (TPSA) is 72.3 Å². The van der Waals surface area contributed by atoms with Crippen molar-refractivity contribution in [2.75, 3.05) is 43.4 Å². The molecule has 0 bridgehead atoms. The van der Waals surface area contributed by atoms with Crippen LogP contribution < -0.4 is 10.2 Å².